The molecule has 0 radical (unpaired) electrons. The first-order chi connectivity index (χ1) is 9.13. The van der Waals surface area contributed by atoms with Crippen molar-refractivity contribution >= 4 is 5.97 Å². The van der Waals surface area contributed by atoms with Gasteiger partial charge < -0.3 is 19.7 Å². The average molecular weight is 264 g/mol. The molecule has 1 fully saturated rings. The Hall–Kier alpha value is -1.91. The zero-order chi connectivity index (χ0) is 13.5. The van der Waals surface area contributed by atoms with Gasteiger partial charge in [0, 0.05) is 11.6 Å². The molecular weight excluding hydrogens is 248 g/mol. The van der Waals surface area contributed by atoms with E-state index in [-0.39, 0.29) is 5.75 Å². The van der Waals surface area contributed by atoms with E-state index in [2.05, 4.69) is 0 Å². The molecule has 2 N–H and O–H groups in total. The summed E-state index contributed by atoms with van der Waals surface area (Å²) in [5, 5.41) is 19.7. The molecule has 5 nitrogen and oxygen atoms in total. The Morgan fingerprint density at radius 2 is 1.68 bits per heavy atom. The largest absolute Gasteiger partial charge is 0.507 e. The molecule has 1 aliphatic heterocycles. The van der Waals surface area contributed by atoms with Crippen LogP contribution in [0.5, 0.6) is 17.2 Å². The molecule has 102 valence electrons. The minimum atomic E-state index is -0.986. The van der Waals surface area contributed by atoms with E-state index in [1.165, 1.54) is 6.07 Å². The van der Waals surface area contributed by atoms with Gasteiger partial charge in [-0.1, -0.05) is 12.8 Å². The van der Waals surface area contributed by atoms with E-state index in [4.69, 9.17) is 9.47 Å². The highest BCUT2D eigenvalue weighted by Crippen LogP contribution is 2.48. The summed E-state index contributed by atoms with van der Waals surface area (Å²) in [7, 11) is 0. The smallest absolute Gasteiger partial charge is 0.314 e. The second kappa shape index (κ2) is 4.33. The van der Waals surface area contributed by atoms with Gasteiger partial charge in [0.05, 0.1) is 5.41 Å². The number of hydrogen-bond acceptors (Lipinski definition) is 4. The molecule has 0 amide bonds. The number of rotatable bonds is 2. The standard InChI is InChI=1S/C14H16O5/c15-10-8-12-11(18-5-6-19-12)7-9(10)14(13(16)17)3-1-2-4-14/h7-8,15H,1-6H2,(H,16,17). The maximum absolute atomic E-state index is 11.7. The zero-order valence-corrected chi connectivity index (χ0v) is 10.5. The first-order valence-electron chi connectivity index (χ1n) is 6.50. The van der Waals surface area contributed by atoms with Crippen LogP contribution in [0.25, 0.3) is 0 Å². The maximum Gasteiger partial charge on any atom is 0.314 e. The highest BCUT2D eigenvalue weighted by molar-refractivity contribution is 5.83. The molecule has 1 aromatic rings. The van der Waals surface area contributed by atoms with Gasteiger partial charge in [-0.05, 0) is 18.9 Å². The molecular formula is C14H16O5. The molecule has 1 aromatic carbocycles. The minimum absolute atomic E-state index is 0.0199. The van der Waals surface area contributed by atoms with E-state index in [0.717, 1.165) is 12.8 Å². The number of fused-ring (bicyclic) bond motifs is 1. The number of hydrogen-bond donors (Lipinski definition) is 2. The SMILES string of the molecule is O=C(O)C1(c2cc3c(cc2O)OCCO3)CCCC1. The molecule has 0 aromatic heterocycles. The molecule has 3 rings (SSSR count). The van der Waals surface area contributed by atoms with E-state index >= 15 is 0 Å². The van der Waals surface area contributed by atoms with Gasteiger partial charge in [-0.15, -0.1) is 0 Å². The lowest BCUT2D eigenvalue weighted by molar-refractivity contribution is -0.143. The second-order valence-electron chi connectivity index (χ2n) is 5.11. The molecule has 19 heavy (non-hydrogen) atoms. The molecule has 1 saturated carbocycles. The van der Waals surface area contributed by atoms with Crippen LogP contribution in [-0.2, 0) is 10.2 Å². The van der Waals surface area contributed by atoms with Crippen molar-refractivity contribution in [2.45, 2.75) is 31.1 Å². The van der Waals surface area contributed by atoms with Crippen LogP contribution in [0.1, 0.15) is 31.2 Å². The van der Waals surface area contributed by atoms with Crippen molar-refractivity contribution in [2.75, 3.05) is 13.2 Å². The molecule has 1 aliphatic carbocycles. The Bertz CT molecular complexity index is 517. The summed E-state index contributed by atoms with van der Waals surface area (Å²) in [4.78, 5) is 11.7. The van der Waals surface area contributed by atoms with Crippen LogP contribution in [0.2, 0.25) is 0 Å². The van der Waals surface area contributed by atoms with Gasteiger partial charge in [0.1, 0.15) is 19.0 Å². The quantitative estimate of drug-likeness (QED) is 0.855. The predicted molar refractivity (Wildman–Crippen MR) is 66.9 cm³/mol. The van der Waals surface area contributed by atoms with Crippen LogP contribution in [-0.4, -0.2) is 29.4 Å². The van der Waals surface area contributed by atoms with Crippen LogP contribution >= 0.6 is 0 Å². The Labute approximate surface area is 110 Å². The number of ether oxygens (including phenoxy) is 2. The van der Waals surface area contributed by atoms with Gasteiger partial charge in [0.15, 0.2) is 11.5 Å². The first-order valence-corrected chi connectivity index (χ1v) is 6.50. The van der Waals surface area contributed by atoms with Crippen LogP contribution in [0.3, 0.4) is 0 Å². The molecule has 2 aliphatic rings. The predicted octanol–water partition coefficient (Wildman–Crippen LogP) is 2.06. The number of phenols is 1. The summed E-state index contributed by atoms with van der Waals surface area (Å²) in [5.41, 5.74) is -0.540. The summed E-state index contributed by atoms with van der Waals surface area (Å²) >= 11 is 0. The van der Waals surface area contributed by atoms with Crippen molar-refractivity contribution in [3.63, 3.8) is 0 Å². The summed E-state index contributed by atoms with van der Waals surface area (Å²) in [5.74, 6) is 0.100. The van der Waals surface area contributed by atoms with Crippen LogP contribution in [0.15, 0.2) is 12.1 Å². The summed E-state index contributed by atoms with van der Waals surface area (Å²) in [6.07, 6.45) is 2.82. The lowest BCUT2D eigenvalue weighted by Crippen LogP contribution is -2.33. The third kappa shape index (κ3) is 1.80. The molecule has 0 spiro atoms. The van der Waals surface area contributed by atoms with Gasteiger partial charge in [0.2, 0.25) is 0 Å². The van der Waals surface area contributed by atoms with Crippen molar-refractivity contribution in [1.82, 2.24) is 0 Å². The fraction of sp³-hybridized carbons (Fsp3) is 0.500. The zero-order valence-electron chi connectivity index (χ0n) is 10.5. The summed E-state index contributed by atoms with van der Waals surface area (Å²) < 4.78 is 10.9. The van der Waals surface area contributed by atoms with Gasteiger partial charge in [-0.3, -0.25) is 4.79 Å². The molecule has 1 heterocycles. The van der Waals surface area contributed by atoms with Crippen molar-refractivity contribution in [2.24, 2.45) is 0 Å². The van der Waals surface area contributed by atoms with Crippen LogP contribution in [0.4, 0.5) is 0 Å². The fourth-order valence-electron chi connectivity index (χ4n) is 3.04. The Morgan fingerprint density at radius 3 is 2.26 bits per heavy atom. The van der Waals surface area contributed by atoms with Gasteiger partial charge in [-0.25, -0.2) is 0 Å². The third-order valence-corrected chi connectivity index (χ3v) is 4.04. The molecule has 0 saturated heterocycles. The molecule has 0 unspecified atom stereocenters. The van der Waals surface area contributed by atoms with Crippen LogP contribution in [0, 0.1) is 0 Å². The van der Waals surface area contributed by atoms with Crippen molar-refractivity contribution in [3.8, 4) is 17.2 Å². The van der Waals surface area contributed by atoms with E-state index in [9.17, 15) is 15.0 Å². The Balaban J connectivity index is 2.11. The van der Waals surface area contributed by atoms with E-state index in [1.54, 1.807) is 6.07 Å². The Kier molecular flexibility index (Phi) is 2.77. The fourth-order valence-corrected chi connectivity index (χ4v) is 3.04. The highest BCUT2D eigenvalue weighted by Gasteiger charge is 2.45. The summed E-state index contributed by atoms with van der Waals surface area (Å²) in [6.45, 7) is 0.882. The Morgan fingerprint density at radius 1 is 1.11 bits per heavy atom. The second-order valence-corrected chi connectivity index (χ2v) is 5.11. The number of phenolic OH excluding ortho intramolecular Hbond substituents is 1. The topological polar surface area (TPSA) is 76.0 Å². The third-order valence-electron chi connectivity index (χ3n) is 4.04. The van der Waals surface area contributed by atoms with Gasteiger partial charge >= 0.3 is 5.97 Å². The number of carbonyl (C=O) groups is 1. The van der Waals surface area contributed by atoms with Crippen LogP contribution < -0.4 is 9.47 Å². The van der Waals surface area contributed by atoms with Crippen molar-refractivity contribution in [3.05, 3.63) is 17.7 Å². The molecule has 0 atom stereocenters. The van der Waals surface area contributed by atoms with E-state index in [1.807, 2.05) is 0 Å². The van der Waals surface area contributed by atoms with Gasteiger partial charge in [-0.2, -0.15) is 0 Å². The first kappa shape index (κ1) is 12.1. The monoisotopic (exact) mass is 264 g/mol. The van der Waals surface area contributed by atoms with Crippen molar-refractivity contribution < 1.29 is 24.5 Å². The van der Waals surface area contributed by atoms with Crippen molar-refractivity contribution in [1.29, 1.82) is 0 Å². The number of benzene rings is 1. The number of carboxylic acids is 1. The number of aliphatic carboxylic acids is 1. The number of aromatic hydroxyl groups is 1. The highest BCUT2D eigenvalue weighted by atomic mass is 16.6. The lowest BCUT2D eigenvalue weighted by Gasteiger charge is -2.27. The van der Waals surface area contributed by atoms with E-state index < -0.39 is 11.4 Å². The normalized spacial score (nSPS) is 20.2. The average Bonchev–Trinajstić information content (AvgIpc) is 2.88. The van der Waals surface area contributed by atoms with E-state index in [0.29, 0.717) is 43.1 Å². The van der Waals surface area contributed by atoms with Gasteiger partial charge in [0.25, 0.3) is 0 Å². The molecule has 5 heteroatoms. The summed E-state index contributed by atoms with van der Waals surface area (Å²) in [6, 6.07) is 3.09. The minimum Gasteiger partial charge on any atom is -0.507 e. The number of carboxylic acid groups (broad SMARTS) is 1. The lowest BCUT2D eigenvalue weighted by atomic mass is 9.78. The molecule has 0 bridgehead atoms. The maximum atomic E-state index is 11.7.